The first-order valence-corrected chi connectivity index (χ1v) is 5.02. The quantitative estimate of drug-likeness (QED) is 0.660. The summed E-state index contributed by atoms with van der Waals surface area (Å²) in [7, 11) is 0. The van der Waals surface area contributed by atoms with E-state index in [1.54, 1.807) is 23.1 Å². The largest absolute Gasteiger partial charge is 0.550 e. The Morgan fingerprint density at radius 1 is 1.73 bits per heavy atom. The molecular formula is C7H7O2S2-. The van der Waals surface area contributed by atoms with Crippen molar-refractivity contribution >= 4 is 29.1 Å². The third kappa shape index (κ3) is 3.43. The number of carbonyl (C=O) groups excluding carboxylic acids is 1. The van der Waals surface area contributed by atoms with Gasteiger partial charge in [-0.1, -0.05) is 6.07 Å². The van der Waals surface area contributed by atoms with Crippen molar-refractivity contribution in [2.24, 2.45) is 0 Å². The van der Waals surface area contributed by atoms with Crippen molar-refractivity contribution in [2.75, 3.05) is 5.75 Å². The zero-order valence-electron chi connectivity index (χ0n) is 5.78. The fourth-order valence-electron chi connectivity index (χ4n) is 0.581. The van der Waals surface area contributed by atoms with Crippen LogP contribution in [-0.2, 0) is 4.79 Å². The lowest BCUT2D eigenvalue weighted by atomic mass is 10.5. The molecule has 0 N–H and O–H groups in total. The average Bonchev–Trinajstić information content (AvgIpc) is 2.39. The minimum absolute atomic E-state index is 0.128. The van der Waals surface area contributed by atoms with Crippen molar-refractivity contribution in [1.82, 2.24) is 0 Å². The lowest BCUT2D eigenvalue weighted by Crippen LogP contribution is -2.22. The molecule has 0 amide bonds. The summed E-state index contributed by atoms with van der Waals surface area (Å²) in [4.78, 5) is 10.0. The van der Waals surface area contributed by atoms with E-state index >= 15 is 0 Å². The maximum atomic E-state index is 10.0. The molecule has 11 heavy (non-hydrogen) atoms. The topological polar surface area (TPSA) is 40.1 Å². The molecule has 0 spiro atoms. The molecule has 2 nitrogen and oxygen atoms in total. The van der Waals surface area contributed by atoms with Gasteiger partial charge in [0.25, 0.3) is 0 Å². The minimum atomic E-state index is -0.978. The van der Waals surface area contributed by atoms with Crippen molar-refractivity contribution in [3.05, 3.63) is 17.5 Å². The number of rotatable bonds is 4. The normalized spacial score (nSPS) is 9.82. The van der Waals surface area contributed by atoms with Crippen LogP contribution in [0.4, 0.5) is 0 Å². The Morgan fingerprint density at radius 3 is 3.09 bits per heavy atom. The average molecular weight is 187 g/mol. The highest BCUT2D eigenvalue weighted by Crippen LogP contribution is 2.23. The second kappa shape index (κ2) is 4.41. The summed E-state index contributed by atoms with van der Waals surface area (Å²) < 4.78 is 1.16. The second-order valence-electron chi connectivity index (χ2n) is 1.90. The van der Waals surface area contributed by atoms with Gasteiger partial charge in [-0.05, 0) is 17.9 Å². The molecule has 0 saturated heterocycles. The predicted octanol–water partition coefficient (Wildman–Crippen LogP) is 0.980. The second-order valence-corrected chi connectivity index (χ2v) is 4.25. The number of aliphatic carboxylic acids is 1. The van der Waals surface area contributed by atoms with Crippen LogP contribution in [0, 0.1) is 0 Å². The van der Waals surface area contributed by atoms with Gasteiger partial charge in [0, 0.05) is 11.7 Å². The van der Waals surface area contributed by atoms with E-state index in [0.717, 1.165) is 4.21 Å². The Labute approximate surface area is 73.2 Å². The molecule has 0 aliphatic rings. The summed E-state index contributed by atoms with van der Waals surface area (Å²) in [5.74, 6) is -0.378. The highest BCUT2D eigenvalue weighted by Gasteiger charge is 1.93. The third-order valence-corrected chi connectivity index (χ3v) is 3.18. The van der Waals surface area contributed by atoms with Crippen molar-refractivity contribution in [3.63, 3.8) is 0 Å². The molecule has 4 heteroatoms. The number of carboxylic acid groups (broad SMARTS) is 1. The van der Waals surface area contributed by atoms with Crippen LogP contribution in [-0.4, -0.2) is 11.7 Å². The molecule has 60 valence electrons. The zero-order chi connectivity index (χ0) is 8.10. The fourth-order valence-corrected chi connectivity index (χ4v) is 2.36. The number of hydrogen-bond acceptors (Lipinski definition) is 4. The van der Waals surface area contributed by atoms with Crippen LogP contribution in [0.5, 0.6) is 0 Å². The standard InChI is InChI=1S/C7H8O2S2/c8-6(9)3-5-11-7-2-1-4-10-7/h1-2,4H,3,5H2,(H,8,9)/p-1. The number of thioether (sulfide) groups is 1. The highest BCUT2D eigenvalue weighted by molar-refractivity contribution is 8.01. The molecule has 0 aliphatic carbocycles. The first-order chi connectivity index (χ1) is 5.29. The Bertz CT molecular complexity index is 218. The molecule has 0 saturated carbocycles. The van der Waals surface area contributed by atoms with Gasteiger partial charge in [0.15, 0.2) is 0 Å². The summed E-state index contributed by atoms with van der Waals surface area (Å²) in [6, 6.07) is 3.93. The van der Waals surface area contributed by atoms with Gasteiger partial charge in [0.05, 0.1) is 4.21 Å². The Morgan fingerprint density at radius 2 is 2.55 bits per heavy atom. The number of thiophene rings is 1. The molecule has 0 aliphatic heterocycles. The van der Waals surface area contributed by atoms with Gasteiger partial charge in [-0.2, -0.15) is 0 Å². The maximum absolute atomic E-state index is 10.0. The van der Waals surface area contributed by atoms with Crippen molar-refractivity contribution in [1.29, 1.82) is 0 Å². The van der Waals surface area contributed by atoms with E-state index in [2.05, 4.69) is 0 Å². The van der Waals surface area contributed by atoms with Gasteiger partial charge in [-0.25, -0.2) is 0 Å². The van der Waals surface area contributed by atoms with Crippen molar-refractivity contribution in [3.8, 4) is 0 Å². The van der Waals surface area contributed by atoms with E-state index in [4.69, 9.17) is 0 Å². The first-order valence-electron chi connectivity index (χ1n) is 3.15. The molecule has 0 unspecified atom stereocenters. The molecule has 1 aromatic rings. The van der Waals surface area contributed by atoms with E-state index < -0.39 is 5.97 Å². The van der Waals surface area contributed by atoms with Crippen LogP contribution in [0.15, 0.2) is 21.7 Å². The van der Waals surface area contributed by atoms with Crippen molar-refractivity contribution in [2.45, 2.75) is 10.6 Å². The van der Waals surface area contributed by atoms with Crippen LogP contribution >= 0.6 is 23.1 Å². The first kappa shape index (κ1) is 8.62. The van der Waals surface area contributed by atoms with E-state index in [0.29, 0.717) is 5.75 Å². The van der Waals surface area contributed by atoms with E-state index in [-0.39, 0.29) is 6.42 Å². The molecule has 1 rings (SSSR count). The lowest BCUT2D eigenvalue weighted by Gasteiger charge is -1.98. The molecule has 0 fully saturated rings. The van der Waals surface area contributed by atoms with E-state index in [1.807, 2.05) is 17.5 Å². The Hall–Kier alpha value is -0.480. The molecule has 1 aromatic heterocycles. The van der Waals surface area contributed by atoms with E-state index in [9.17, 15) is 9.90 Å². The SMILES string of the molecule is O=C([O-])CCSc1cccs1. The van der Waals surface area contributed by atoms with Crippen LogP contribution < -0.4 is 5.11 Å². The number of carboxylic acids is 1. The molecule has 0 atom stereocenters. The van der Waals surface area contributed by atoms with E-state index in [1.165, 1.54) is 0 Å². The summed E-state index contributed by atoms with van der Waals surface area (Å²) in [6.07, 6.45) is 0.128. The molecule has 0 radical (unpaired) electrons. The Balaban J connectivity index is 2.19. The van der Waals surface area contributed by atoms with Gasteiger partial charge in [0.1, 0.15) is 0 Å². The van der Waals surface area contributed by atoms with Gasteiger partial charge in [-0.3, -0.25) is 0 Å². The van der Waals surface area contributed by atoms with Crippen LogP contribution in [0.25, 0.3) is 0 Å². The van der Waals surface area contributed by atoms with Crippen LogP contribution in [0.1, 0.15) is 6.42 Å². The molecule has 1 heterocycles. The third-order valence-electron chi connectivity index (χ3n) is 1.05. The van der Waals surface area contributed by atoms with Gasteiger partial charge in [-0.15, -0.1) is 23.1 Å². The fraction of sp³-hybridized carbons (Fsp3) is 0.286. The number of hydrogen-bond donors (Lipinski definition) is 0. The lowest BCUT2D eigenvalue weighted by molar-refractivity contribution is -0.305. The maximum Gasteiger partial charge on any atom is 0.0598 e. The molecular weight excluding hydrogens is 180 g/mol. The van der Waals surface area contributed by atoms with Crippen LogP contribution in [0.2, 0.25) is 0 Å². The monoisotopic (exact) mass is 187 g/mol. The summed E-state index contributed by atoms with van der Waals surface area (Å²) >= 11 is 3.18. The zero-order valence-corrected chi connectivity index (χ0v) is 7.41. The minimum Gasteiger partial charge on any atom is -0.550 e. The summed E-state index contributed by atoms with van der Waals surface area (Å²) in [5.41, 5.74) is 0. The van der Waals surface area contributed by atoms with Crippen molar-refractivity contribution < 1.29 is 9.90 Å². The highest BCUT2D eigenvalue weighted by atomic mass is 32.2. The van der Waals surface area contributed by atoms with Gasteiger partial charge in [0.2, 0.25) is 0 Å². The Kier molecular flexibility index (Phi) is 3.45. The molecule has 0 bridgehead atoms. The number of carbonyl (C=O) groups is 1. The molecule has 0 aromatic carbocycles. The van der Waals surface area contributed by atoms with Gasteiger partial charge >= 0.3 is 0 Å². The van der Waals surface area contributed by atoms with Gasteiger partial charge < -0.3 is 9.90 Å². The van der Waals surface area contributed by atoms with Crippen LogP contribution in [0.3, 0.4) is 0 Å². The predicted molar refractivity (Wildman–Crippen MR) is 44.7 cm³/mol. The smallest absolute Gasteiger partial charge is 0.0598 e. The summed E-state index contributed by atoms with van der Waals surface area (Å²) in [5, 5.41) is 12.0. The summed E-state index contributed by atoms with van der Waals surface area (Å²) in [6.45, 7) is 0.